The van der Waals surface area contributed by atoms with Crippen LogP contribution in [0, 0.1) is 11.3 Å². The van der Waals surface area contributed by atoms with Crippen molar-refractivity contribution in [3.63, 3.8) is 0 Å². The zero-order valence-corrected chi connectivity index (χ0v) is 14.4. The predicted octanol–water partition coefficient (Wildman–Crippen LogP) is 2.52. The van der Waals surface area contributed by atoms with E-state index in [-0.39, 0.29) is 0 Å². The van der Waals surface area contributed by atoms with Gasteiger partial charge in [0.15, 0.2) is 12.7 Å². The number of ether oxygens (including phenoxy) is 3. The average Bonchev–Trinajstić information content (AvgIpc) is 2.67. The zero-order valence-electron chi connectivity index (χ0n) is 14.4. The highest BCUT2D eigenvalue weighted by molar-refractivity contribution is 5.94. The molecule has 0 aromatic heterocycles. The van der Waals surface area contributed by atoms with Gasteiger partial charge >= 0.3 is 5.97 Å². The predicted molar refractivity (Wildman–Crippen MR) is 93.8 cm³/mol. The van der Waals surface area contributed by atoms with E-state index in [9.17, 15) is 9.59 Å². The average molecular weight is 354 g/mol. The third-order valence-electron chi connectivity index (χ3n) is 3.35. The molecule has 0 unspecified atom stereocenters. The fraction of sp³-hybridized carbons (Fsp3) is 0.211. The molecule has 0 aliphatic heterocycles. The van der Waals surface area contributed by atoms with Crippen molar-refractivity contribution in [3.8, 4) is 17.6 Å². The van der Waals surface area contributed by atoms with Gasteiger partial charge in [-0.25, -0.2) is 4.79 Å². The number of carbonyl (C=O) groups excluding carboxylic acids is 2. The fourth-order valence-electron chi connectivity index (χ4n) is 2.05. The zero-order chi connectivity index (χ0) is 18.9. The van der Waals surface area contributed by atoms with Crippen molar-refractivity contribution in [1.82, 2.24) is 0 Å². The van der Waals surface area contributed by atoms with Crippen LogP contribution in [0.3, 0.4) is 0 Å². The van der Waals surface area contributed by atoms with Gasteiger partial charge in [-0.2, -0.15) is 5.26 Å². The van der Waals surface area contributed by atoms with E-state index in [0.29, 0.717) is 22.7 Å². The van der Waals surface area contributed by atoms with Crippen molar-refractivity contribution in [1.29, 1.82) is 5.26 Å². The number of nitrogens with zero attached hydrogens (tertiary/aromatic N) is 1. The van der Waals surface area contributed by atoms with Gasteiger partial charge in [0.25, 0.3) is 5.91 Å². The van der Waals surface area contributed by atoms with E-state index < -0.39 is 24.6 Å². The topological polar surface area (TPSA) is 97.7 Å². The maximum Gasteiger partial charge on any atom is 0.347 e. The summed E-state index contributed by atoms with van der Waals surface area (Å²) in [5, 5.41) is 11.4. The monoisotopic (exact) mass is 354 g/mol. The Morgan fingerprint density at radius 1 is 1.15 bits per heavy atom. The number of methoxy groups -OCH3 is 1. The largest absolute Gasteiger partial charge is 0.495 e. The van der Waals surface area contributed by atoms with E-state index >= 15 is 0 Å². The van der Waals surface area contributed by atoms with E-state index in [0.717, 1.165) is 0 Å². The van der Waals surface area contributed by atoms with Crippen LogP contribution in [0.25, 0.3) is 0 Å². The smallest absolute Gasteiger partial charge is 0.347 e. The Labute approximate surface area is 151 Å². The number of nitriles is 1. The lowest BCUT2D eigenvalue weighted by molar-refractivity contribution is -0.153. The second-order valence-corrected chi connectivity index (χ2v) is 5.25. The number of nitrogens with one attached hydrogen (secondary N) is 1. The van der Waals surface area contributed by atoms with Crippen molar-refractivity contribution in [2.75, 3.05) is 19.0 Å². The van der Waals surface area contributed by atoms with Crippen LogP contribution in [-0.2, 0) is 14.3 Å². The van der Waals surface area contributed by atoms with Crippen LogP contribution in [0.1, 0.15) is 12.5 Å². The fourth-order valence-corrected chi connectivity index (χ4v) is 2.05. The molecule has 2 aromatic carbocycles. The number of hydrogen-bond acceptors (Lipinski definition) is 6. The van der Waals surface area contributed by atoms with Gasteiger partial charge in [-0.15, -0.1) is 0 Å². The molecule has 134 valence electrons. The highest BCUT2D eigenvalue weighted by atomic mass is 16.6. The molecule has 0 radical (unpaired) electrons. The van der Waals surface area contributed by atoms with Gasteiger partial charge in [-0.3, -0.25) is 4.79 Å². The maximum atomic E-state index is 11.9. The summed E-state index contributed by atoms with van der Waals surface area (Å²) in [5.41, 5.74) is 0.971. The summed E-state index contributed by atoms with van der Waals surface area (Å²) in [5.74, 6) is -0.241. The van der Waals surface area contributed by atoms with E-state index in [1.54, 1.807) is 48.5 Å². The number of carbonyl (C=O) groups is 2. The van der Waals surface area contributed by atoms with Crippen LogP contribution in [-0.4, -0.2) is 31.7 Å². The molecule has 2 aromatic rings. The third kappa shape index (κ3) is 5.24. The van der Waals surface area contributed by atoms with E-state index in [4.69, 9.17) is 19.5 Å². The summed E-state index contributed by atoms with van der Waals surface area (Å²) >= 11 is 0. The third-order valence-corrected chi connectivity index (χ3v) is 3.35. The molecule has 7 nitrogen and oxygen atoms in total. The van der Waals surface area contributed by atoms with Gasteiger partial charge < -0.3 is 19.5 Å². The second kappa shape index (κ2) is 9.08. The minimum atomic E-state index is -0.901. The van der Waals surface area contributed by atoms with Crippen molar-refractivity contribution in [3.05, 3.63) is 54.1 Å². The molecule has 0 saturated heterocycles. The van der Waals surface area contributed by atoms with Gasteiger partial charge in [0.05, 0.1) is 24.4 Å². The summed E-state index contributed by atoms with van der Waals surface area (Å²) in [4.78, 5) is 23.9. The lowest BCUT2D eigenvalue weighted by Crippen LogP contribution is -2.29. The second-order valence-electron chi connectivity index (χ2n) is 5.25. The van der Waals surface area contributed by atoms with Crippen LogP contribution in [0.15, 0.2) is 48.5 Å². The SMILES string of the molecule is COc1ccccc1NC(=O)COC(=O)[C@H](C)Oc1ccc(C#N)cc1. The Bertz CT molecular complexity index is 811. The van der Waals surface area contributed by atoms with Crippen LogP contribution in [0.2, 0.25) is 0 Å². The van der Waals surface area contributed by atoms with E-state index in [1.807, 2.05) is 6.07 Å². The number of anilines is 1. The van der Waals surface area contributed by atoms with Crippen LogP contribution >= 0.6 is 0 Å². The normalized spacial score (nSPS) is 11.0. The lowest BCUT2D eigenvalue weighted by atomic mass is 10.2. The first kappa shape index (κ1) is 18.8. The number of esters is 1. The highest BCUT2D eigenvalue weighted by Crippen LogP contribution is 2.22. The summed E-state index contributed by atoms with van der Waals surface area (Å²) in [6.07, 6.45) is -0.901. The van der Waals surface area contributed by atoms with Crippen LogP contribution in [0.4, 0.5) is 5.69 Å². The molecule has 2 rings (SSSR count). The Kier molecular flexibility index (Phi) is 6.57. The molecular formula is C19H18N2O5. The quantitative estimate of drug-likeness (QED) is 0.767. The minimum absolute atomic E-state index is 0.423. The molecule has 0 aliphatic rings. The van der Waals surface area contributed by atoms with Gasteiger partial charge in [0.1, 0.15) is 11.5 Å². The maximum absolute atomic E-state index is 11.9. The van der Waals surface area contributed by atoms with Crippen molar-refractivity contribution < 1.29 is 23.8 Å². The molecule has 0 spiro atoms. The Balaban J connectivity index is 1.83. The van der Waals surface area contributed by atoms with Gasteiger partial charge in [-0.1, -0.05) is 12.1 Å². The Hall–Kier alpha value is -3.53. The molecule has 1 atom stereocenters. The van der Waals surface area contributed by atoms with Crippen molar-refractivity contribution in [2.45, 2.75) is 13.0 Å². The van der Waals surface area contributed by atoms with Gasteiger partial charge in [0.2, 0.25) is 0 Å². The van der Waals surface area contributed by atoms with Crippen LogP contribution in [0.5, 0.6) is 11.5 Å². The summed E-state index contributed by atoms with van der Waals surface area (Å²) in [6.45, 7) is 1.07. The molecule has 1 amide bonds. The van der Waals surface area contributed by atoms with E-state index in [2.05, 4.69) is 5.32 Å². The molecule has 0 aliphatic carbocycles. The number of amides is 1. The first-order valence-electron chi connectivity index (χ1n) is 7.80. The van der Waals surface area contributed by atoms with Crippen molar-refractivity contribution in [2.24, 2.45) is 0 Å². The number of benzene rings is 2. The Morgan fingerprint density at radius 2 is 1.85 bits per heavy atom. The summed E-state index contributed by atoms with van der Waals surface area (Å²) in [7, 11) is 1.49. The number of para-hydroxylation sites is 2. The highest BCUT2D eigenvalue weighted by Gasteiger charge is 2.18. The molecule has 0 saturated carbocycles. The molecule has 1 N–H and O–H groups in total. The molecule has 0 heterocycles. The van der Waals surface area contributed by atoms with Gasteiger partial charge in [-0.05, 0) is 43.3 Å². The van der Waals surface area contributed by atoms with Gasteiger partial charge in [0, 0.05) is 0 Å². The lowest BCUT2D eigenvalue weighted by Gasteiger charge is -2.14. The molecule has 0 fully saturated rings. The first-order chi connectivity index (χ1) is 12.5. The molecule has 0 bridgehead atoms. The summed E-state index contributed by atoms with van der Waals surface area (Å²) in [6, 6.07) is 15.2. The summed E-state index contributed by atoms with van der Waals surface area (Å²) < 4.78 is 15.5. The number of rotatable bonds is 7. The van der Waals surface area contributed by atoms with E-state index in [1.165, 1.54) is 14.0 Å². The number of hydrogen-bond donors (Lipinski definition) is 1. The van der Waals surface area contributed by atoms with Crippen LogP contribution < -0.4 is 14.8 Å². The molecule has 26 heavy (non-hydrogen) atoms. The molecule has 7 heteroatoms. The first-order valence-corrected chi connectivity index (χ1v) is 7.80. The standard InChI is InChI=1S/C19H18N2O5/c1-13(26-15-9-7-14(11-20)8-10-15)19(23)25-12-18(22)21-16-5-3-4-6-17(16)24-2/h3-10,13H,12H2,1-2H3,(H,21,22)/t13-/m0/s1. The minimum Gasteiger partial charge on any atom is -0.495 e. The van der Waals surface area contributed by atoms with Crippen molar-refractivity contribution >= 4 is 17.6 Å². The molecular weight excluding hydrogens is 336 g/mol. The Morgan fingerprint density at radius 3 is 2.50 bits per heavy atom.